The Kier molecular flexibility index (Phi) is 6.63. The maximum atomic E-state index is 12.9. The first-order chi connectivity index (χ1) is 15.0. The van der Waals surface area contributed by atoms with Crippen LogP contribution in [0.3, 0.4) is 0 Å². The van der Waals surface area contributed by atoms with Crippen molar-refractivity contribution in [3.05, 3.63) is 54.4 Å². The highest BCUT2D eigenvalue weighted by atomic mass is 32.2. The number of benzene rings is 2. The van der Waals surface area contributed by atoms with Gasteiger partial charge in [0, 0.05) is 22.9 Å². The second-order valence-corrected chi connectivity index (χ2v) is 9.97. The second kappa shape index (κ2) is 9.07. The maximum Gasteiger partial charge on any atom is 0.261 e. The molecule has 170 valence electrons. The molecule has 0 aliphatic carbocycles. The number of hydrogen-bond acceptors (Lipinski definition) is 6. The molecule has 0 radical (unpaired) electrons. The van der Waals surface area contributed by atoms with E-state index in [1.807, 2.05) is 13.8 Å². The van der Waals surface area contributed by atoms with Crippen LogP contribution >= 0.6 is 0 Å². The fourth-order valence-electron chi connectivity index (χ4n) is 2.57. The van der Waals surface area contributed by atoms with Gasteiger partial charge in [-0.05, 0) is 62.4 Å². The van der Waals surface area contributed by atoms with Crippen molar-refractivity contribution in [1.82, 2.24) is 10.1 Å². The van der Waals surface area contributed by atoms with Gasteiger partial charge in [-0.15, -0.1) is 0 Å². The van der Waals surface area contributed by atoms with E-state index in [1.165, 1.54) is 50.2 Å². The van der Waals surface area contributed by atoms with Crippen molar-refractivity contribution in [2.24, 2.45) is 5.41 Å². The van der Waals surface area contributed by atoms with Gasteiger partial charge in [0.1, 0.15) is 6.67 Å². The summed E-state index contributed by atoms with van der Waals surface area (Å²) in [5, 5.41) is 6.52. The van der Waals surface area contributed by atoms with Crippen molar-refractivity contribution in [2.75, 3.05) is 16.7 Å². The van der Waals surface area contributed by atoms with E-state index in [-0.39, 0.29) is 10.8 Å². The van der Waals surface area contributed by atoms with E-state index in [4.69, 9.17) is 4.52 Å². The summed E-state index contributed by atoms with van der Waals surface area (Å²) in [6, 6.07) is 12.2. The molecule has 3 aromatic rings. The van der Waals surface area contributed by atoms with Crippen LogP contribution in [0.25, 0.3) is 11.4 Å². The summed E-state index contributed by atoms with van der Waals surface area (Å²) in [5.41, 5.74) is 0.238. The number of rotatable bonds is 8. The summed E-state index contributed by atoms with van der Waals surface area (Å²) >= 11 is 0. The lowest BCUT2D eigenvalue weighted by molar-refractivity contribution is -0.124. The molecule has 3 rings (SSSR count). The number of anilines is 2. The molecule has 0 saturated heterocycles. The van der Waals surface area contributed by atoms with E-state index < -0.39 is 28.0 Å². The van der Waals surface area contributed by atoms with Crippen molar-refractivity contribution in [3.63, 3.8) is 0 Å². The number of nitrogens with zero attached hydrogens (tertiary/aromatic N) is 2. The van der Waals surface area contributed by atoms with Gasteiger partial charge in [0.25, 0.3) is 10.0 Å². The molecule has 0 spiro atoms. The van der Waals surface area contributed by atoms with Gasteiger partial charge < -0.3 is 9.84 Å². The van der Waals surface area contributed by atoms with Gasteiger partial charge >= 0.3 is 0 Å². The van der Waals surface area contributed by atoms with Gasteiger partial charge in [-0.3, -0.25) is 9.52 Å². The average molecular weight is 461 g/mol. The molecule has 0 fully saturated rings. The van der Waals surface area contributed by atoms with Gasteiger partial charge in [0.15, 0.2) is 0 Å². The molecule has 1 heterocycles. The molecule has 0 unspecified atom stereocenters. The molecule has 32 heavy (non-hydrogen) atoms. The first-order valence-corrected chi connectivity index (χ1v) is 11.4. The van der Waals surface area contributed by atoms with Gasteiger partial charge in [-0.25, -0.2) is 12.8 Å². The van der Waals surface area contributed by atoms with E-state index in [0.29, 0.717) is 28.7 Å². The smallest absolute Gasteiger partial charge is 0.261 e. The van der Waals surface area contributed by atoms with Crippen molar-refractivity contribution < 1.29 is 22.1 Å². The van der Waals surface area contributed by atoms with Crippen molar-refractivity contribution >= 4 is 27.3 Å². The predicted octanol–water partition coefficient (Wildman–Crippen LogP) is 4.60. The third-order valence-corrected chi connectivity index (χ3v) is 6.10. The lowest BCUT2D eigenvalue weighted by Crippen LogP contribution is -2.32. The Bertz CT molecular complexity index is 1190. The van der Waals surface area contributed by atoms with E-state index in [9.17, 15) is 17.6 Å². The van der Waals surface area contributed by atoms with E-state index in [1.54, 1.807) is 12.1 Å². The van der Waals surface area contributed by atoms with Gasteiger partial charge in [-0.1, -0.05) is 19.0 Å². The topological polar surface area (TPSA) is 114 Å². The number of carbonyl (C=O) groups is 1. The Morgan fingerprint density at radius 1 is 1.06 bits per heavy atom. The van der Waals surface area contributed by atoms with Gasteiger partial charge in [-0.2, -0.15) is 4.98 Å². The Morgan fingerprint density at radius 3 is 2.19 bits per heavy atom. The quantitative estimate of drug-likeness (QED) is 0.508. The monoisotopic (exact) mass is 460 g/mol. The predicted molar refractivity (Wildman–Crippen MR) is 119 cm³/mol. The summed E-state index contributed by atoms with van der Waals surface area (Å²) in [4.78, 5) is 16.4. The lowest BCUT2D eigenvalue weighted by atomic mass is 9.94. The number of halogens is 1. The summed E-state index contributed by atoms with van der Waals surface area (Å²) in [6.45, 7) is 6.07. The fourth-order valence-corrected chi connectivity index (χ4v) is 3.63. The Labute approximate surface area is 186 Å². The first-order valence-electron chi connectivity index (χ1n) is 9.96. The third kappa shape index (κ3) is 5.31. The molecule has 8 nitrogen and oxygen atoms in total. The molecular weight excluding hydrogens is 435 g/mol. The highest BCUT2D eigenvalue weighted by molar-refractivity contribution is 7.92. The number of aromatic nitrogens is 2. The zero-order valence-corrected chi connectivity index (χ0v) is 19.0. The zero-order chi connectivity index (χ0) is 23.5. The van der Waals surface area contributed by atoms with Crippen LogP contribution in [0.15, 0.2) is 57.9 Å². The highest BCUT2D eigenvalue weighted by Gasteiger charge is 2.27. The first kappa shape index (κ1) is 23.4. The normalized spacial score (nSPS) is 12.1. The van der Waals surface area contributed by atoms with Crippen LogP contribution in [0.1, 0.15) is 39.5 Å². The minimum Gasteiger partial charge on any atom is -0.339 e. The molecule has 0 saturated carbocycles. The number of alkyl halides is 1. The molecule has 1 amide bonds. The van der Waals surface area contributed by atoms with Gasteiger partial charge in [0.2, 0.25) is 17.6 Å². The standard InChI is InChI=1S/C22H25FN4O4S/c1-14(2)20-25-19(26-31-20)15-5-11-18(12-6-15)32(29,30)27-17-9-7-16(8-10-17)24-21(28)22(3,4)13-23/h5-12,14,27H,13H2,1-4H3,(H,24,28). The SMILES string of the molecule is CC(C)c1nc(-c2ccc(S(=O)(=O)Nc3ccc(NC(=O)C(C)(C)CF)cc3)cc2)no1. The van der Waals surface area contributed by atoms with Crippen LogP contribution in [0.2, 0.25) is 0 Å². The molecule has 2 aromatic carbocycles. The Hall–Kier alpha value is -3.27. The Balaban J connectivity index is 1.70. The third-order valence-electron chi connectivity index (χ3n) is 4.70. The minimum atomic E-state index is -3.83. The second-order valence-electron chi connectivity index (χ2n) is 8.29. The largest absolute Gasteiger partial charge is 0.339 e. The van der Waals surface area contributed by atoms with E-state index in [0.717, 1.165) is 0 Å². The van der Waals surface area contributed by atoms with Crippen molar-refractivity contribution in [2.45, 2.75) is 38.5 Å². The van der Waals surface area contributed by atoms with Gasteiger partial charge in [0.05, 0.1) is 10.3 Å². The van der Waals surface area contributed by atoms with Crippen LogP contribution in [0.4, 0.5) is 15.8 Å². The van der Waals surface area contributed by atoms with Crippen molar-refractivity contribution in [1.29, 1.82) is 0 Å². The number of hydrogen-bond donors (Lipinski definition) is 2. The summed E-state index contributed by atoms with van der Waals surface area (Å²) in [7, 11) is -3.83. The molecule has 0 atom stereocenters. The zero-order valence-electron chi connectivity index (χ0n) is 18.2. The molecule has 0 aliphatic rings. The lowest BCUT2D eigenvalue weighted by Gasteiger charge is -2.19. The maximum absolute atomic E-state index is 12.9. The van der Waals surface area contributed by atoms with Crippen LogP contribution < -0.4 is 10.0 Å². The Morgan fingerprint density at radius 2 is 1.66 bits per heavy atom. The van der Waals surface area contributed by atoms with E-state index in [2.05, 4.69) is 20.2 Å². The summed E-state index contributed by atoms with van der Waals surface area (Å²) < 4.78 is 46.0. The molecule has 2 N–H and O–H groups in total. The number of carbonyl (C=O) groups excluding carboxylic acids is 1. The molecule has 0 aliphatic heterocycles. The van der Waals surface area contributed by atoms with Crippen LogP contribution in [-0.2, 0) is 14.8 Å². The molecule has 10 heteroatoms. The van der Waals surface area contributed by atoms with E-state index >= 15 is 0 Å². The summed E-state index contributed by atoms with van der Waals surface area (Å²) in [6.07, 6.45) is 0. The molecule has 0 bridgehead atoms. The summed E-state index contributed by atoms with van der Waals surface area (Å²) in [5.74, 6) is 0.524. The number of amides is 1. The molecule has 1 aromatic heterocycles. The average Bonchev–Trinajstić information content (AvgIpc) is 3.26. The van der Waals surface area contributed by atoms with Crippen molar-refractivity contribution in [3.8, 4) is 11.4 Å². The van der Waals surface area contributed by atoms with Crippen LogP contribution in [0.5, 0.6) is 0 Å². The molecular formula is C22H25FN4O4S. The minimum absolute atomic E-state index is 0.0657. The van der Waals surface area contributed by atoms with Crippen LogP contribution in [-0.4, -0.2) is 31.1 Å². The number of nitrogens with one attached hydrogen (secondary N) is 2. The van der Waals surface area contributed by atoms with Crippen LogP contribution in [0, 0.1) is 5.41 Å². The highest BCUT2D eigenvalue weighted by Crippen LogP contribution is 2.24. The number of sulfonamides is 1. The fraction of sp³-hybridized carbons (Fsp3) is 0.318.